The Morgan fingerprint density at radius 3 is 2.53 bits per heavy atom. The number of carboxylic acids is 1. The largest absolute Gasteiger partial charge is 0.507 e. The van der Waals surface area contributed by atoms with Gasteiger partial charge in [0, 0.05) is 31.6 Å². The number of hydrazine groups is 1. The average Bonchev–Trinajstić information content (AvgIpc) is 3.24. The number of aliphatic hydroxyl groups is 1. The number of rotatable bonds is 10. The van der Waals surface area contributed by atoms with Crippen LogP contribution in [0.2, 0.25) is 0 Å². The van der Waals surface area contributed by atoms with Gasteiger partial charge in [0.15, 0.2) is 0 Å². The fourth-order valence-electron chi connectivity index (χ4n) is 4.77. The first-order valence-corrected chi connectivity index (χ1v) is 12.4. The number of carbonyl (C=O) groups excluding carboxylic acids is 2. The van der Waals surface area contributed by atoms with Gasteiger partial charge in [0.1, 0.15) is 11.3 Å². The maximum absolute atomic E-state index is 12.5. The number of nitrogens with two attached hydrogens (primary N) is 1. The first-order chi connectivity index (χ1) is 18.1. The van der Waals surface area contributed by atoms with Crippen molar-refractivity contribution in [3.8, 4) is 16.9 Å². The van der Waals surface area contributed by atoms with Gasteiger partial charge in [-0.3, -0.25) is 14.6 Å². The van der Waals surface area contributed by atoms with Gasteiger partial charge in [-0.2, -0.15) is 0 Å². The zero-order chi connectivity index (χ0) is 27.4. The SMILES string of the molecule is Cc1cc(C(N)=O)ccc1-c1cccc([C@@H](O)CCN2CCC(=O)N2CCc2ccc(C(=O)O)c(O)c2)c1. The molecule has 0 radical (unpaired) electrons. The first-order valence-electron chi connectivity index (χ1n) is 12.4. The van der Waals surface area contributed by atoms with Crippen LogP contribution in [-0.4, -0.2) is 62.8 Å². The van der Waals surface area contributed by atoms with Crippen LogP contribution in [0.4, 0.5) is 0 Å². The number of nitrogens with zero attached hydrogens (tertiary/aromatic N) is 2. The van der Waals surface area contributed by atoms with Crippen LogP contribution >= 0.6 is 0 Å². The van der Waals surface area contributed by atoms with Crippen LogP contribution in [0.3, 0.4) is 0 Å². The lowest BCUT2D eigenvalue weighted by atomic mass is 9.95. The molecule has 1 saturated heterocycles. The summed E-state index contributed by atoms with van der Waals surface area (Å²) in [5.74, 6) is -1.99. The van der Waals surface area contributed by atoms with E-state index >= 15 is 0 Å². The molecule has 0 spiro atoms. The Kier molecular flexibility index (Phi) is 8.09. The molecule has 0 saturated carbocycles. The number of aliphatic hydroxyl groups excluding tert-OH is 1. The molecule has 0 aliphatic carbocycles. The second-order valence-electron chi connectivity index (χ2n) is 9.45. The van der Waals surface area contributed by atoms with Crippen LogP contribution in [0.5, 0.6) is 5.75 Å². The molecule has 9 nitrogen and oxygen atoms in total. The zero-order valence-corrected chi connectivity index (χ0v) is 21.1. The van der Waals surface area contributed by atoms with Crippen molar-refractivity contribution in [3.05, 3.63) is 88.5 Å². The van der Waals surface area contributed by atoms with E-state index in [0.29, 0.717) is 44.5 Å². The molecule has 0 aromatic heterocycles. The number of aromatic hydroxyl groups is 1. The molecule has 3 aromatic rings. The molecule has 9 heteroatoms. The summed E-state index contributed by atoms with van der Waals surface area (Å²) in [7, 11) is 0. The minimum atomic E-state index is -1.20. The molecule has 38 heavy (non-hydrogen) atoms. The van der Waals surface area contributed by atoms with Crippen molar-refractivity contribution >= 4 is 17.8 Å². The topological polar surface area (TPSA) is 144 Å². The van der Waals surface area contributed by atoms with Gasteiger partial charge >= 0.3 is 5.97 Å². The van der Waals surface area contributed by atoms with E-state index in [0.717, 1.165) is 27.8 Å². The molecule has 0 unspecified atom stereocenters. The summed E-state index contributed by atoms with van der Waals surface area (Å²) in [5, 5.41) is 33.5. The number of carbonyl (C=O) groups is 3. The van der Waals surface area contributed by atoms with Crippen molar-refractivity contribution < 1.29 is 29.7 Å². The third-order valence-corrected chi connectivity index (χ3v) is 6.87. The number of aromatic carboxylic acids is 1. The Balaban J connectivity index is 1.38. The summed E-state index contributed by atoms with van der Waals surface area (Å²) in [6.07, 6.45) is 0.517. The van der Waals surface area contributed by atoms with Gasteiger partial charge < -0.3 is 21.1 Å². The highest BCUT2D eigenvalue weighted by Crippen LogP contribution is 2.28. The number of amides is 2. The molecule has 1 fully saturated rings. The summed E-state index contributed by atoms with van der Waals surface area (Å²) >= 11 is 0. The van der Waals surface area contributed by atoms with Crippen molar-refractivity contribution in [2.45, 2.75) is 32.3 Å². The predicted molar refractivity (Wildman–Crippen MR) is 141 cm³/mol. The third kappa shape index (κ3) is 6.01. The molecule has 4 rings (SSSR count). The van der Waals surface area contributed by atoms with Gasteiger partial charge in [-0.1, -0.05) is 30.3 Å². The lowest BCUT2D eigenvalue weighted by molar-refractivity contribution is -0.138. The van der Waals surface area contributed by atoms with E-state index in [-0.39, 0.29) is 17.2 Å². The zero-order valence-electron chi connectivity index (χ0n) is 21.1. The van der Waals surface area contributed by atoms with Crippen LogP contribution in [0.25, 0.3) is 11.1 Å². The van der Waals surface area contributed by atoms with Gasteiger partial charge in [-0.25, -0.2) is 9.80 Å². The standard InChI is InChI=1S/C29H31N3O6/c1-18-15-22(28(30)36)6-8-23(18)20-3-2-4-21(17-20)25(33)10-12-31-13-11-27(35)32(31)14-9-19-5-7-24(29(37)38)26(34)16-19/h2-8,15-17,25,33-34H,9-14H2,1H3,(H2,30,36)(H,37,38)/t25-/m0/s1. The Labute approximate surface area is 220 Å². The lowest BCUT2D eigenvalue weighted by Crippen LogP contribution is -2.41. The van der Waals surface area contributed by atoms with Crippen molar-refractivity contribution in [1.82, 2.24) is 10.0 Å². The molecule has 0 bridgehead atoms. The number of aryl methyl sites for hydroxylation is 1. The molecule has 1 heterocycles. The smallest absolute Gasteiger partial charge is 0.339 e. The molecule has 1 aliphatic rings. The molecule has 1 atom stereocenters. The Morgan fingerprint density at radius 1 is 1.05 bits per heavy atom. The van der Waals surface area contributed by atoms with Gasteiger partial charge in [0.05, 0.1) is 6.10 Å². The van der Waals surface area contributed by atoms with Gasteiger partial charge in [0.25, 0.3) is 0 Å². The van der Waals surface area contributed by atoms with E-state index in [9.17, 15) is 24.6 Å². The number of carboxylic acid groups (broad SMARTS) is 1. The molecule has 1 aliphatic heterocycles. The van der Waals surface area contributed by atoms with Crippen LogP contribution in [-0.2, 0) is 11.2 Å². The molecule has 5 N–H and O–H groups in total. The first kappa shape index (κ1) is 26.8. The summed E-state index contributed by atoms with van der Waals surface area (Å²) in [6, 6.07) is 17.3. The Morgan fingerprint density at radius 2 is 1.84 bits per heavy atom. The summed E-state index contributed by atoms with van der Waals surface area (Å²) < 4.78 is 0. The molecule has 2 amide bonds. The van der Waals surface area contributed by atoms with E-state index < -0.39 is 18.0 Å². The minimum absolute atomic E-state index is 0.0113. The Hall–Kier alpha value is -4.21. The van der Waals surface area contributed by atoms with Crippen molar-refractivity contribution in [2.24, 2.45) is 5.73 Å². The summed E-state index contributed by atoms with van der Waals surface area (Å²) in [5.41, 5.74) is 9.92. The second-order valence-corrected chi connectivity index (χ2v) is 9.45. The highest BCUT2D eigenvalue weighted by molar-refractivity contribution is 5.93. The van der Waals surface area contributed by atoms with Crippen LogP contribution in [0.1, 0.15) is 56.4 Å². The number of primary amides is 1. The van der Waals surface area contributed by atoms with Crippen LogP contribution in [0, 0.1) is 6.92 Å². The highest BCUT2D eigenvalue weighted by atomic mass is 16.4. The lowest BCUT2D eigenvalue weighted by Gasteiger charge is -2.29. The van der Waals surface area contributed by atoms with Crippen molar-refractivity contribution in [1.29, 1.82) is 0 Å². The van der Waals surface area contributed by atoms with Gasteiger partial charge in [-0.15, -0.1) is 0 Å². The van der Waals surface area contributed by atoms with Gasteiger partial charge in [-0.05, 0) is 77.9 Å². The van der Waals surface area contributed by atoms with E-state index in [2.05, 4.69) is 0 Å². The number of hydrogen-bond acceptors (Lipinski definition) is 6. The number of hydrogen-bond donors (Lipinski definition) is 4. The highest BCUT2D eigenvalue weighted by Gasteiger charge is 2.29. The van der Waals surface area contributed by atoms with Crippen molar-refractivity contribution in [3.63, 3.8) is 0 Å². The summed E-state index contributed by atoms with van der Waals surface area (Å²) in [4.78, 5) is 35.1. The fourth-order valence-corrected chi connectivity index (χ4v) is 4.77. The van der Waals surface area contributed by atoms with Crippen LogP contribution in [0.15, 0.2) is 60.7 Å². The van der Waals surface area contributed by atoms with E-state index in [1.165, 1.54) is 12.1 Å². The van der Waals surface area contributed by atoms with Gasteiger partial charge in [0.2, 0.25) is 11.8 Å². The maximum Gasteiger partial charge on any atom is 0.339 e. The summed E-state index contributed by atoms with van der Waals surface area (Å²) in [6.45, 7) is 3.33. The fraction of sp³-hybridized carbons (Fsp3) is 0.276. The average molecular weight is 518 g/mol. The minimum Gasteiger partial charge on any atom is -0.507 e. The number of phenols is 1. The van der Waals surface area contributed by atoms with E-state index in [1.54, 1.807) is 23.2 Å². The quantitative estimate of drug-likeness (QED) is 0.323. The molecule has 198 valence electrons. The maximum atomic E-state index is 12.5. The number of benzene rings is 3. The third-order valence-electron chi connectivity index (χ3n) is 6.87. The molecular formula is C29H31N3O6. The van der Waals surface area contributed by atoms with Crippen LogP contribution < -0.4 is 5.73 Å². The normalized spacial score (nSPS) is 14.6. The van der Waals surface area contributed by atoms with E-state index in [4.69, 9.17) is 10.8 Å². The monoisotopic (exact) mass is 517 g/mol. The molecule has 3 aromatic carbocycles. The molecular weight excluding hydrogens is 486 g/mol. The predicted octanol–water partition coefficient (Wildman–Crippen LogP) is 3.28. The van der Waals surface area contributed by atoms with E-state index in [1.807, 2.05) is 42.3 Å². The Bertz CT molecular complexity index is 1370. The second kappa shape index (κ2) is 11.5. The van der Waals surface area contributed by atoms with Crippen molar-refractivity contribution in [2.75, 3.05) is 19.6 Å².